The van der Waals surface area contributed by atoms with E-state index in [1.54, 1.807) is 6.20 Å². The third kappa shape index (κ3) is 4.25. The van der Waals surface area contributed by atoms with Crippen LogP contribution in [0.25, 0.3) is 22.3 Å². The van der Waals surface area contributed by atoms with Crippen molar-refractivity contribution in [3.63, 3.8) is 0 Å². The molecule has 3 aliphatic rings. The fraction of sp³-hybridized carbons (Fsp3) is 0.440. The summed E-state index contributed by atoms with van der Waals surface area (Å²) >= 11 is 0. The molecule has 188 valence electrons. The highest BCUT2D eigenvalue weighted by atomic mass is 16.7. The van der Waals surface area contributed by atoms with Gasteiger partial charge in [-0.2, -0.15) is 0 Å². The Hall–Kier alpha value is -4.02. The SMILES string of the molecule is O=C(NCC1CCCN(C(=O)O)C1)c1c[nH]c2c(-c3c(OCC4CC4)ccc4c3OCO4)ncnc12. The van der Waals surface area contributed by atoms with Crippen molar-refractivity contribution in [1.29, 1.82) is 0 Å². The minimum absolute atomic E-state index is 0.0735. The molecule has 3 N–H and O–H groups in total. The second kappa shape index (κ2) is 9.21. The highest BCUT2D eigenvalue weighted by Crippen LogP contribution is 2.48. The Balaban J connectivity index is 1.27. The maximum Gasteiger partial charge on any atom is 0.407 e. The number of aromatic amines is 1. The molecule has 0 spiro atoms. The lowest BCUT2D eigenvalue weighted by atomic mass is 9.98. The molecule has 1 saturated carbocycles. The summed E-state index contributed by atoms with van der Waals surface area (Å²) < 4.78 is 17.5. The lowest BCUT2D eigenvalue weighted by Gasteiger charge is -2.30. The predicted octanol–water partition coefficient (Wildman–Crippen LogP) is 3.26. The normalized spacial score (nSPS) is 18.9. The van der Waals surface area contributed by atoms with Crippen molar-refractivity contribution >= 4 is 23.0 Å². The van der Waals surface area contributed by atoms with Gasteiger partial charge in [-0.3, -0.25) is 4.79 Å². The first-order valence-corrected chi connectivity index (χ1v) is 12.2. The van der Waals surface area contributed by atoms with Crippen molar-refractivity contribution in [2.45, 2.75) is 25.7 Å². The highest BCUT2D eigenvalue weighted by Gasteiger charge is 2.29. The second-order valence-electron chi connectivity index (χ2n) is 9.52. The number of H-pyrrole nitrogens is 1. The average Bonchev–Trinajstić information content (AvgIpc) is 3.42. The van der Waals surface area contributed by atoms with E-state index in [2.05, 4.69) is 20.3 Å². The molecule has 2 aromatic heterocycles. The monoisotopic (exact) mass is 493 g/mol. The predicted molar refractivity (Wildman–Crippen MR) is 128 cm³/mol. The first-order valence-electron chi connectivity index (χ1n) is 12.2. The molecule has 1 saturated heterocycles. The minimum Gasteiger partial charge on any atom is -0.492 e. The fourth-order valence-electron chi connectivity index (χ4n) is 4.83. The van der Waals surface area contributed by atoms with Crippen LogP contribution < -0.4 is 19.5 Å². The van der Waals surface area contributed by atoms with E-state index in [-0.39, 0.29) is 18.6 Å². The molecule has 11 heteroatoms. The van der Waals surface area contributed by atoms with Gasteiger partial charge in [0.2, 0.25) is 6.79 Å². The summed E-state index contributed by atoms with van der Waals surface area (Å²) in [5, 5.41) is 12.2. The van der Waals surface area contributed by atoms with Gasteiger partial charge in [0.05, 0.1) is 23.3 Å². The molecule has 1 atom stereocenters. The van der Waals surface area contributed by atoms with Crippen molar-refractivity contribution in [3.8, 4) is 28.5 Å². The number of rotatable bonds is 7. The number of likely N-dealkylation sites (tertiary alicyclic amines) is 1. The number of nitrogens with zero attached hydrogens (tertiary/aromatic N) is 3. The van der Waals surface area contributed by atoms with Crippen LogP contribution >= 0.6 is 0 Å². The van der Waals surface area contributed by atoms with Gasteiger partial charge in [-0.15, -0.1) is 0 Å². The topological polar surface area (TPSA) is 139 Å². The van der Waals surface area contributed by atoms with Crippen LogP contribution in [-0.4, -0.2) is 70.0 Å². The van der Waals surface area contributed by atoms with Gasteiger partial charge in [0, 0.05) is 25.8 Å². The standard InChI is InChI=1S/C25H27N5O6/c31-24(27-8-15-2-1-7-30(10-15)25(32)33)16-9-26-22-20(16)28-12-29-21(22)19-17(34-11-14-3-4-14)5-6-18-23(19)36-13-35-18/h5-6,9,12,14-15,26H,1-4,7-8,10-11,13H2,(H,27,31)(H,32,33). The highest BCUT2D eigenvalue weighted by molar-refractivity contribution is 6.08. The third-order valence-electron chi connectivity index (χ3n) is 6.96. The number of ether oxygens (including phenoxy) is 3. The molecule has 4 heterocycles. The van der Waals surface area contributed by atoms with E-state index in [0.717, 1.165) is 12.8 Å². The lowest BCUT2D eigenvalue weighted by Crippen LogP contribution is -2.43. The molecule has 1 aliphatic carbocycles. The number of hydrogen-bond acceptors (Lipinski definition) is 7. The summed E-state index contributed by atoms with van der Waals surface area (Å²) in [6, 6.07) is 3.69. The summed E-state index contributed by atoms with van der Waals surface area (Å²) in [6.07, 6.45) is 6.12. The fourth-order valence-corrected chi connectivity index (χ4v) is 4.83. The van der Waals surface area contributed by atoms with E-state index in [4.69, 9.17) is 14.2 Å². The molecular formula is C25H27N5O6. The van der Waals surface area contributed by atoms with Crippen molar-refractivity contribution < 1.29 is 28.9 Å². The molecule has 0 bridgehead atoms. The van der Waals surface area contributed by atoms with Crippen molar-refractivity contribution in [2.24, 2.45) is 11.8 Å². The first kappa shape index (κ1) is 22.4. The van der Waals surface area contributed by atoms with Gasteiger partial charge in [-0.1, -0.05) is 0 Å². The molecule has 6 rings (SSSR count). The summed E-state index contributed by atoms with van der Waals surface area (Å²) in [7, 11) is 0. The van der Waals surface area contributed by atoms with Gasteiger partial charge < -0.3 is 34.5 Å². The van der Waals surface area contributed by atoms with E-state index in [0.29, 0.717) is 77.3 Å². The van der Waals surface area contributed by atoms with E-state index in [1.807, 2.05) is 12.1 Å². The van der Waals surface area contributed by atoms with Crippen LogP contribution in [0.2, 0.25) is 0 Å². The molecule has 11 nitrogen and oxygen atoms in total. The van der Waals surface area contributed by atoms with Gasteiger partial charge in [-0.25, -0.2) is 14.8 Å². The number of hydrogen-bond donors (Lipinski definition) is 3. The summed E-state index contributed by atoms with van der Waals surface area (Å²) in [5.41, 5.74) is 2.71. The van der Waals surface area contributed by atoms with Gasteiger partial charge in [0.1, 0.15) is 23.3 Å². The number of nitrogens with one attached hydrogen (secondary N) is 2. The lowest BCUT2D eigenvalue weighted by molar-refractivity contribution is 0.0930. The Labute approximate surface area is 206 Å². The number of piperidine rings is 1. The molecule has 36 heavy (non-hydrogen) atoms. The molecule has 0 radical (unpaired) electrons. The smallest absolute Gasteiger partial charge is 0.407 e. The van der Waals surface area contributed by atoms with Gasteiger partial charge in [-0.05, 0) is 49.7 Å². The quantitative estimate of drug-likeness (QED) is 0.456. The van der Waals surface area contributed by atoms with E-state index in [1.165, 1.54) is 24.1 Å². The van der Waals surface area contributed by atoms with Crippen LogP contribution in [-0.2, 0) is 0 Å². The average molecular weight is 494 g/mol. The maximum atomic E-state index is 13.1. The zero-order valence-corrected chi connectivity index (χ0v) is 19.7. The molecule has 2 fully saturated rings. The van der Waals surface area contributed by atoms with Gasteiger partial charge >= 0.3 is 6.09 Å². The molecule has 1 unspecified atom stereocenters. The molecule has 1 aromatic carbocycles. The molecule has 2 amide bonds. The zero-order chi connectivity index (χ0) is 24.6. The van der Waals surface area contributed by atoms with Crippen LogP contribution in [0, 0.1) is 11.8 Å². The van der Waals surface area contributed by atoms with Crippen LogP contribution in [0.1, 0.15) is 36.0 Å². The Morgan fingerprint density at radius 1 is 1.19 bits per heavy atom. The Kier molecular flexibility index (Phi) is 5.74. The Morgan fingerprint density at radius 3 is 2.92 bits per heavy atom. The summed E-state index contributed by atoms with van der Waals surface area (Å²) in [4.78, 5) is 37.8. The van der Waals surface area contributed by atoms with Crippen LogP contribution in [0.4, 0.5) is 4.79 Å². The number of aromatic nitrogens is 3. The summed E-state index contributed by atoms with van der Waals surface area (Å²) in [6.45, 7) is 2.08. The second-order valence-corrected chi connectivity index (χ2v) is 9.52. The van der Waals surface area contributed by atoms with Crippen molar-refractivity contribution in [1.82, 2.24) is 25.2 Å². The number of carbonyl (C=O) groups excluding carboxylic acids is 1. The van der Waals surface area contributed by atoms with Gasteiger partial charge in [0.25, 0.3) is 5.91 Å². The molecule has 3 aromatic rings. The first-order chi connectivity index (χ1) is 17.6. The number of carboxylic acid groups (broad SMARTS) is 1. The molecular weight excluding hydrogens is 466 g/mol. The third-order valence-corrected chi connectivity index (χ3v) is 6.96. The largest absolute Gasteiger partial charge is 0.492 e. The number of fused-ring (bicyclic) bond motifs is 2. The number of carbonyl (C=O) groups is 2. The molecule has 2 aliphatic heterocycles. The summed E-state index contributed by atoms with van der Waals surface area (Å²) in [5.74, 6) is 2.19. The maximum absolute atomic E-state index is 13.1. The zero-order valence-electron chi connectivity index (χ0n) is 19.7. The van der Waals surface area contributed by atoms with E-state index in [9.17, 15) is 14.7 Å². The van der Waals surface area contributed by atoms with Crippen LogP contribution in [0.3, 0.4) is 0 Å². The van der Waals surface area contributed by atoms with Crippen molar-refractivity contribution in [3.05, 3.63) is 30.2 Å². The van der Waals surface area contributed by atoms with Crippen LogP contribution in [0.5, 0.6) is 17.2 Å². The van der Waals surface area contributed by atoms with Crippen LogP contribution in [0.15, 0.2) is 24.7 Å². The van der Waals surface area contributed by atoms with E-state index >= 15 is 0 Å². The van der Waals surface area contributed by atoms with Gasteiger partial charge in [0.15, 0.2) is 11.5 Å². The minimum atomic E-state index is -0.922. The number of amides is 2. The Morgan fingerprint density at radius 2 is 2.08 bits per heavy atom. The Bertz CT molecular complexity index is 1320. The van der Waals surface area contributed by atoms with E-state index < -0.39 is 6.09 Å². The number of benzene rings is 1. The van der Waals surface area contributed by atoms with Crippen molar-refractivity contribution in [2.75, 3.05) is 33.0 Å².